The van der Waals surface area contributed by atoms with Crippen LogP contribution in [0.1, 0.15) is 5.56 Å². The molecule has 1 aromatic rings. The van der Waals surface area contributed by atoms with Crippen LogP contribution in [-0.4, -0.2) is 22.1 Å². The highest BCUT2D eigenvalue weighted by atomic mass is 16.7. The standard InChI is InChI=1S/C10H8N2O5/c13-10(14)9-5-8(11-17-9)6-1-3-7(4-2-6)12(15)16/h1-5,9,11H,(H,13,14). The summed E-state index contributed by atoms with van der Waals surface area (Å²) in [5.74, 6) is -1.10. The van der Waals surface area contributed by atoms with Gasteiger partial charge in [0.05, 0.1) is 10.6 Å². The second-order valence-corrected chi connectivity index (χ2v) is 3.36. The Kier molecular flexibility index (Phi) is 2.75. The fourth-order valence-electron chi connectivity index (χ4n) is 1.39. The first-order valence-corrected chi connectivity index (χ1v) is 4.69. The summed E-state index contributed by atoms with van der Waals surface area (Å²) in [6.07, 6.45) is 0.351. The van der Waals surface area contributed by atoms with Crippen LogP contribution in [0.3, 0.4) is 0 Å². The van der Waals surface area contributed by atoms with Gasteiger partial charge in [0.15, 0.2) is 0 Å². The number of non-ortho nitro benzene ring substituents is 1. The number of rotatable bonds is 3. The zero-order valence-corrected chi connectivity index (χ0v) is 8.49. The molecular weight excluding hydrogens is 228 g/mol. The van der Waals surface area contributed by atoms with E-state index in [1.807, 2.05) is 0 Å². The van der Waals surface area contributed by atoms with Gasteiger partial charge in [0.2, 0.25) is 6.10 Å². The molecule has 0 amide bonds. The maximum Gasteiger partial charge on any atom is 0.339 e. The summed E-state index contributed by atoms with van der Waals surface area (Å²) in [5.41, 5.74) is 3.54. The highest BCUT2D eigenvalue weighted by molar-refractivity contribution is 5.80. The van der Waals surface area contributed by atoms with E-state index in [0.29, 0.717) is 11.3 Å². The summed E-state index contributed by atoms with van der Waals surface area (Å²) in [5, 5.41) is 19.1. The Morgan fingerprint density at radius 1 is 1.41 bits per heavy atom. The second kappa shape index (κ2) is 4.22. The van der Waals surface area contributed by atoms with Crippen molar-refractivity contribution in [3.63, 3.8) is 0 Å². The van der Waals surface area contributed by atoms with Crippen molar-refractivity contribution in [2.24, 2.45) is 0 Å². The molecule has 1 aliphatic heterocycles. The molecule has 1 unspecified atom stereocenters. The second-order valence-electron chi connectivity index (χ2n) is 3.36. The lowest BCUT2D eigenvalue weighted by molar-refractivity contribution is -0.384. The fourth-order valence-corrected chi connectivity index (χ4v) is 1.39. The van der Waals surface area contributed by atoms with Crippen molar-refractivity contribution in [1.29, 1.82) is 0 Å². The molecule has 0 fully saturated rings. The van der Waals surface area contributed by atoms with E-state index >= 15 is 0 Å². The smallest absolute Gasteiger partial charge is 0.339 e. The number of carboxylic acid groups (broad SMARTS) is 1. The SMILES string of the molecule is O=C(O)C1C=C(c2ccc([N+](=O)[O-])cc2)NO1. The molecule has 0 spiro atoms. The molecule has 1 aromatic carbocycles. The molecule has 2 rings (SSSR count). The van der Waals surface area contributed by atoms with Crippen LogP contribution in [0.5, 0.6) is 0 Å². The van der Waals surface area contributed by atoms with Gasteiger partial charge in [-0.3, -0.25) is 20.4 Å². The molecule has 1 aliphatic rings. The Morgan fingerprint density at radius 3 is 2.53 bits per heavy atom. The lowest BCUT2D eigenvalue weighted by Gasteiger charge is -2.02. The van der Waals surface area contributed by atoms with Gasteiger partial charge >= 0.3 is 5.97 Å². The van der Waals surface area contributed by atoms with Gasteiger partial charge in [0.1, 0.15) is 0 Å². The van der Waals surface area contributed by atoms with Crippen LogP contribution >= 0.6 is 0 Å². The van der Waals surface area contributed by atoms with Crippen molar-refractivity contribution in [3.05, 3.63) is 46.0 Å². The average Bonchev–Trinajstić information content (AvgIpc) is 2.78. The minimum Gasteiger partial charge on any atom is -0.479 e. The van der Waals surface area contributed by atoms with Crippen LogP contribution in [0.2, 0.25) is 0 Å². The van der Waals surface area contributed by atoms with Crippen LogP contribution in [0.25, 0.3) is 5.70 Å². The molecule has 17 heavy (non-hydrogen) atoms. The Hall–Kier alpha value is -2.41. The quantitative estimate of drug-likeness (QED) is 0.597. The number of carboxylic acids is 1. The number of benzene rings is 1. The number of aliphatic carboxylic acids is 1. The maximum atomic E-state index is 10.6. The van der Waals surface area contributed by atoms with Crippen molar-refractivity contribution in [2.45, 2.75) is 6.10 Å². The van der Waals surface area contributed by atoms with Crippen LogP contribution in [0, 0.1) is 10.1 Å². The summed E-state index contributed by atoms with van der Waals surface area (Å²) in [6.45, 7) is 0. The van der Waals surface area contributed by atoms with E-state index < -0.39 is 17.0 Å². The van der Waals surface area contributed by atoms with Crippen molar-refractivity contribution >= 4 is 17.4 Å². The number of nitrogens with zero attached hydrogens (tertiary/aromatic N) is 1. The molecule has 0 radical (unpaired) electrons. The highest BCUT2D eigenvalue weighted by Gasteiger charge is 2.23. The lowest BCUT2D eigenvalue weighted by Crippen LogP contribution is -2.20. The average molecular weight is 236 g/mol. The third-order valence-corrected chi connectivity index (χ3v) is 2.25. The van der Waals surface area contributed by atoms with Crippen molar-refractivity contribution in [1.82, 2.24) is 5.48 Å². The van der Waals surface area contributed by atoms with Gasteiger partial charge in [0, 0.05) is 17.7 Å². The molecule has 2 N–H and O–H groups in total. The first kappa shape index (κ1) is 11.1. The van der Waals surface area contributed by atoms with Gasteiger partial charge in [-0.2, -0.15) is 0 Å². The molecule has 7 heteroatoms. The first-order chi connectivity index (χ1) is 8.08. The van der Waals surface area contributed by atoms with Crippen molar-refractivity contribution in [2.75, 3.05) is 0 Å². The first-order valence-electron chi connectivity index (χ1n) is 4.69. The summed E-state index contributed by atoms with van der Waals surface area (Å²) in [4.78, 5) is 25.4. The maximum absolute atomic E-state index is 10.6. The Bertz CT molecular complexity index is 494. The molecule has 0 bridgehead atoms. The largest absolute Gasteiger partial charge is 0.479 e. The van der Waals surface area contributed by atoms with Gasteiger partial charge in [-0.15, -0.1) is 0 Å². The Labute approximate surface area is 95.4 Å². The zero-order valence-electron chi connectivity index (χ0n) is 8.49. The van der Waals surface area contributed by atoms with Crippen molar-refractivity contribution in [3.8, 4) is 0 Å². The van der Waals surface area contributed by atoms with E-state index in [9.17, 15) is 14.9 Å². The van der Waals surface area contributed by atoms with Gasteiger partial charge in [0.25, 0.3) is 5.69 Å². The number of hydrogen-bond donors (Lipinski definition) is 2. The lowest BCUT2D eigenvalue weighted by atomic mass is 10.1. The number of nitrogens with one attached hydrogen (secondary N) is 1. The number of hydrogen-bond acceptors (Lipinski definition) is 5. The van der Waals surface area contributed by atoms with E-state index in [1.165, 1.54) is 30.3 Å². The van der Waals surface area contributed by atoms with E-state index in [4.69, 9.17) is 9.94 Å². The molecular formula is C10H8N2O5. The van der Waals surface area contributed by atoms with Gasteiger partial charge in [-0.1, -0.05) is 0 Å². The van der Waals surface area contributed by atoms with Gasteiger partial charge < -0.3 is 5.11 Å². The zero-order chi connectivity index (χ0) is 12.4. The molecule has 1 heterocycles. The number of carbonyl (C=O) groups is 1. The monoisotopic (exact) mass is 236 g/mol. The predicted molar refractivity (Wildman–Crippen MR) is 56.7 cm³/mol. The molecule has 0 saturated heterocycles. The third-order valence-electron chi connectivity index (χ3n) is 2.25. The molecule has 1 atom stereocenters. The highest BCUT2D eigenvalue weighted by Crippen LogP contribution is 2.21. The van der Waals surface area contributed by atoms with E-state index in [1.54, 1.807) is 0 Å². The van der Waals surface area contributed by atoms with Crippen molar-refractivity contribution < 1.29 is 19.7 Å². The topological polar surface area (TPSA) is 102 Å². The van der Waals surface area contributed by atoms with E-state index in [-0.39, 0.29) is 5.69 Å². The predicted octanol–water partition coefficient (Wildman–Crippen LogP) is 0.924. The molecule has 7 nitrogen and oxygen atoms in total. The molecule has 88 valence electrons. The Morgan fingerprint density at radius 2 is 2.06 bits per heavy atom. The molecule has 0 saturated carbocycles. The van der Waals surface area contributed by atoms with E-state index in [2.05, 4.69) is 5.48 Å². The Balaban J connectivity index is 2.21. The van der Waals surface area contributed by atoms with Crippen LogP contribution in [0.4, 0.5) is 5.69 Å². The molecule has 0 aromatic heterocycles. The number of nitro groups is 1. The normalized spacial score (nSPS) is 18.4. The number of hydroxylamine groups is 1. The van der Waals surface area contributed by atoms with Gasteiger partial charge in [-0.05, 0) is 18.2 Å². The fraction of sp³-hybridized carbons (Fsp3) is 0.100. The third kappa shape index (κ3) is 2.23. The van der Waals surface area contributed by atoms with Crippen LogP contribution in [-0.2, 0) is 9.63 Å². The van der Waals surface area contributed by atoms with E-state index in [0.717, 1.165) is 0 Å². The number of nitro benzene ring substituents is 1. The minimum atomic E-state index is -1.10. The minimum absolute atomic E-state index is 0.0250. The van der Waals surface area contributed by atoms with Crippen LogP contribution in [0.15, 0.2) is 30.3 Å². The summed E-state index contributed by atoms with van der Waals surface area (Å²) in [7, 11) is 0. The van der Waals surface area contributed by atoms with Gasteiger partial charge in [-0.25, -0.2) is 4.79 Å². The van der Waals surface area contributed by atoms with Crippen LogP contribution < -0.4 is 5.48 Å². The summed E-state index contributed by atoms with van der Waals surface area (Å²) < 4.78 is 0. The summed E-state index contributed by atoms with van der Waals surface area (Å²) in [6, 6.07) is 5.72. The molecule has 0 aliphatic carbocycles. The summed E-state index contributed by atoms with van der Waals surface area (Å²) >= 11 is 0.